The number of primary amides is 1. The lowest BCUT2D eigenvalue weighted by Gasteiger charge is -2.21. The van der Waals surface area contributed by atoms with Crippen molar-refractivity contribution >= 4 is 5.91 Å². The molecule has 21 heavy (non-hydrogen) atoms. The molecule has 1 saturated heterocycles. The molecule has 1 heterocycles. The number of nitrogens with two attached hydrogens (primary N) is 1. The first-order valence-corrected chi connectivity index (χ1v) is 6.68. The Morgan fingerprint density at radius 2 is 2.10 bits per heavy atom. The van der Waals surface area contributed by atoms with Gasteiger partial charge >= 0.3 is 6.18 Å². The lowest BCUT2D eigenvalue weighted by molar-refractivity contribution is -0.140. The lowest BCUT2D eigenvalue weighted by atomic mass is 10.1. The van der Waals surface area contributed by atoms with Crippen molar-refractivity contribution in [3.05, 3.63) is 35.1 Å². The number of benzene rings is 1. The number of hydrogen-bond acceptors (Lipinski definition) is 2. The Labute approximate surface area is 119 Å². The van der Waals surface area contributed by atoms with E-state index in [4.69, 9.17) is 5.73 Å². The second-order valence-electron chi connectivity index (χ2n) is 5.16. The van der Waals surface area contributed by atoms with Crippen LogP contribution in [-0.4, -0.2) is 29.9 Å². The van der Waals surface area contributed by atoms with E-state index in [0.29, 0.717) is 24.9 Å². The predicted molar refractivity (Wildman–Crippen MR) is 68.9 cm³/mol. The summed E-state index contributed by atoms with van der Waals surface area (Å²) >= 11 is 0. The number of likely N-dealkylation sites (tertiary alicyclic amines) is 1. The quantitative estimate of drug-likeness (QED) is 0.868. The Hall–Kier alpha value is -1.63. The number of rotatable bonds is 4. The third-order valence-electron chi connectivity index (χ3n) is 3.72. The molecule has 1 amide bonds. The van der Waals surface area contributed by atoms with Crippen LogP contribution in [0.2, 0.25) is 0 Å². The first kappa shape index (κ1) is 15.8. The summed E-state index contributed by atoms with van der Waals surface area (Å²) in [6.07, 6.45) is -2.76. The minimum absolute atomic E-state index is 0.329. The van der Waals surface area contributed by atoms with Crippen molar-refractivity contribution < 1.29 is 22.4 Å². The molecule has 0 aromatic heterocycles. The van der Waals surface area contributed by atoms with Crippen LogP contribution in [-0.2, 0) is 17.4 Å². The van der Waals surface area contributed by atoms with Gasteiger partial charge in [0.1, 0.15) is 5.82 Å². The SMILES string of the molecule is NC(=O)[C@@H]1CCCN1CCc1ccc(C(F)(F)F)c(F)c1. The second-order valence-corrected chi connectivity index (χ2v) is 5.16. The third-order valence-corrected chi connectivity index (χ3v) is 3.72. The molecule has 0 unspecified atom stereocenters. The molecule has 0 bridgehead atoms. The average Bonchev–Trinajstić information content (AvgIpc) is 2.83. The molecule has 3 nitrogen and oxygen atoms in total. The summed E-state index contributed by atoms with van der Waals surface area (Å²) in [6, 6.07) is 2.59. The Balaban J connectivity index is 2.01. The van der Waals surface area contributed by atoms with E-state index in [0.717, 1.165) is 25.1 Å². The van der Waals surface area contributed by atoms with Gasteiger partial charge in [0.2, 0.25) is 5.91 Å². The van der Waals surface area contributed by atoms with E-state index in [1.165, 1.54) is 6.07 Å². The van der Waals surface area contributed by atoms with Crippen LogP contribution in [0.4, 0.5) is 17.6 Å². The zero-order valence-electron chi connectivity index (χ0n) is 11.3. The van der Waals surface area contributed by atoms with Crippen LogP contribution in [0.25, 0.3) is 0 Å². The van der Waals surface area contributed by atoms with Crippen molar-refractivity contribution in [2.24, 2.45) is 5.73 Å². The molecule has 0 aliphatic carbocycles. The van der Waals surface area contributed by atoms with Gasteiger partial charge in [0.05, 0.1) is 11.6 Å². The molecule has 1 aromatic carbocycles. The minimum Gasteiger partial charge on any atom is -0.368 e. The maximum Gasteiger partial charge on any atom is 0.419 e. The van der Waals surface area contributed by atoms with Crippen LogP contribution in [0, 0.1) is 5.82 Å². The number of nitrogens with zero attached hydrogens (tertiary/aromatic N) is 1. The van der Waals surface area contributed by atoms with Gasteiger partial charge in [-0.25, -0.2) is 4.39 Å². The molecule has 0 saturated carbocycles. The summed E-state index contributed by atoms with van der Waals surface area (Å²) in [6.45, 7) is 1.19. The van der Waals surface area contributed by atoms with Crippen molar-refractivity contribution in [3.63, 3.8) is 0 Å². The maximum atomic E-state index is 13.4. The van der Waals surface area contributed by atoms with E-state index in [-0.39, 0.29) is 6.04 Å². The number of carbonyl (C=O) groups excluding carboxylic acids is 1. The molecule has 0 spiro atoms. The molecule has 1 aliphatic rings. The molecule has 1 aliphatic heterocycles. The van der Waals surface area contributed by atoms with Crippen molar-refractivity contribution in [1.29, 1.82) is 0 Å². The first-order valence-electron chi connectivity index (χ1n) is 6.68. The van der Waals surface area contributed by atoms with Crippen LogP contribution < -0.4 is 5.73 Å². The van der Waals surface area contributed by atoms with Gasteiger partial charge in [-0.2, -0.15) is 13.2 Å². The highest BCUT2D eigenvalue weighted by Gasteiger charge is 2.34. The fourth-order valence-corrected chi connectivity index (χ4v) is 2.63. The molecule has 1 aromatic rings. The molecule has 7 heteroatoms. The van der Waals surface area contributed by atoms with Gasteiger partial charge in [-0.3, -0.25) is 9.69 Å². The smallest absolute Gasteiger partial charge is 0.368 e. The van der Waals surface area contributed by atoms with Crippen LogP contribution in [0.5, 0.6) is 0 Å². The van der Waals surface area contributed by atoms with E-state index in [1.807, 2.05) is 4.90 Å². The summed E-state index contributed by atoms with van der Waals surface area (Å²) in [5, 5.41) is 0. The van der Waals surface area contributed by atoms with Gasteiger partial charge in [-0.1, -0.05) is 6.07 Å². The number of hydrogen-bond donors (Lipinski definition) is 1. The molecular formula is C14H16F4N2O. The number of halogens is 4. The first-order chi connectivity index (χ1) is 9.79. The Kier molecular flexibility index (Phi) is 4.51. The van der Waals surface area contributed by atoms with Crippen LogP contribution >= 0.6 is 0 Å². The number of amides is 1. The van der Waals surface area contributed by atoms with Crippen LogP contribution in [0.3, 0.4) is 0 Å². The largest absolute Gasteiger partial charge is 0.419 e. The molecule has 1 fully saturated rings. The van der Waals surface area contributed by atoms with Crippen LogP contribution in [0.1, 0.15) is 24.0 Å². The van der Waals surface area contributed by atoms with E-state index in [1.54, 1.807) is 0 Å². The van der Waals surface area contributed by atoms with Gasteiger partial charge in [-0.15, -0.1) is 0 Å². The molecule has 0 radical (unpaired) electrons. The summed E-state index contributed by atoms with van der Waals surface area (Å²) < 4.78 is 50.8. The molecule has 116 valence electrons. The summed E-state index contributed by atoms with van der Waals surface area (Å²) in [5.41, 5.74) is 4.49. The molecule has 2 rings (SSSR count). The number of carbonyl (C=O) groups is 1. The zero-order valence-corrected chi connectivity index (χ0v) is 11.3. The van der Waals surface area contributed by atoms with E-state index < -0.39 is 23.5 Å². The fraction of sp³-hybridized carbons (Fsp3) is 0.500. The van der Waals surface area contributed by atoms with E-state index in [2.05, 4.69) is 0 Å². The van der Waals surface area contributed by atoms with Crippen molar-refractivity contribution in [1.82, 2.24) is 4.90 Å². The molecule has 1 atom stereocenters. The highest BCUT2D eigenvalue weighted by Crippen LogP contribution is 2.31. The Bertz CT molecular complexity index is 530. The Morgan fingerprint density at radius 3 is 2.67 bits per heavy atom. The average molecular weight is 304 g/mol. The third kappa shape index (κ3) is 3.72. The van der Waals surface area contributed by atoms with Crippen molar-refractivity contribution in [2.75, 3.05) is 13.1 Å². The topological polar surface area (TPSA) is 46.3 Å². The van der Waals surface area contributed by atoms with Gasteiger partial charge < -0.3 is 5.73 Å². The molecule has 2 N–H and O–H groups in total. The summed E-state index contributed by atoms with van der Waals surface area (Å²) in [5.74, 6) is -1.67. The minimum atomic E-state index is -4.69. The highest BCUT2D eigenvalue weighted by molar-refractivity contribution is 5.80. The number of alkyl halides is 3. The zero-order chi connectivity index (χ0) is 15.6. The van der Waals surface area contributed by atoms with Crippen molar-refractivity contribution in [3.8, 4) is 0 Å². The standard InChI is InChI=1S/C14H16F4N2O/c15-11-8-9(3-4-10(11)14(16,17)18)5-7-20-6-1-2-12(20)13(19)21/h3-4,8,12H,1-2,5-7H2,(H2,19,21)/t12-/m0/s1. The summed E-state index contributed by atoms with van der Waals surface area (Å²) in [4.78, 5) is 13.1. The second kappa shape index (κ2) is 6.01. The van der Waals surface area contributed by atoms with Gasteiger partial charge in [-0.05, 0) is 43.5 Å². The van der Waals surface area contributed by atoms with E-state index >= 15 is 0 Å². The fourth-order valence-electron chi connectivity index (χ4n) is 2.63. The van der Waals surface area contributed by atoms with E-state index in [9.17, 15) is 22.4 Å². The maximum absolute atomic E-state index is 13.4. The monoisotopic (exact) mass is 304 g/mol. The Morgan fingerprint density at radius 1 is 1.38 bits per heavy atom. The lowest BCUT2D eigenvalue weighted by Crippen LogP contribution is -2.41. The molecular weight excluding hydrogens is 288 g/mol. The van der Waals surface area contributed by atoms with Crippen molar-refractivity contribution in [2.45, 2.75) is 31.5 Å². The van der Waals surface area contributed by atoms with Gasteiger partial charge in [0.15, 0.2) is 0 Å². The highest BCUT2D eigenvalue weighted by atomic mass is 19.4. The predicted octanol–water partition coefficient (Wildman–Crippen LogP) is 2.34. The van der Waals surface area contributed by atoms with Crippen LogP contribution in [0.15, 0.2) is 18.2 Å². The summed E-state index contributed by atoms with van der Waals surface area (Å²) in [7, 11) is 0. The van der Waals surface area contributed by atoms with Gasteiger partial charge in [0.25, 0.3) is 0 Å². The normalized spacial score (nSPS) is 19.9. The van der Waals surface area contributed by atoms with Gasteiger partial charge in [0, 0.05) is 6.54 Å².